The van der Waals surface area contributed by atoms with Gasteiger partial charge < -0.3 is 10.5 Å². The minimum atomic E-state index is -0.334. The molecule has 203 valence electrons. The van der Waals surface area contributed by atoms with Crippen molar-refractivity contribution in [2.45, 2.75) is 110 Å². The van der Waals surface area contributed by atoms with Crippen LogP contribution >= 0.6 is 0 Å². The first-order valence-corrected chi connectivity index (χ1v) is 14.5. The molecule has 37 heavy (non-hydrogen) atoms. The maximum Gasteiger partial charge on any atom is 0.280 e. The van der Waals surface area contributed by atoms with Crippen molar-refractivity contribution in [1.29, 1.82) is 0 Å². The molecule has 0 saturated carbocycles. The summed E-state index contributed by atoms with van der Waals surface area (Å²) in [5.74, 6) is 0.0811. The fourth-order valence-corrected chi connectivity index (χ4v) is 4.84. The van der Waals surface area contributed by atoms with Crippen LogP contribution in [0, 0.1) is 6.07 Å². The molecule has 0 bridgehead atoms. The number of rotatable bonds is 20. The van der Waals surface area contributed by atoms with Crippen LogP contribution in [0.2, 0.25) is 0 Å². The van der Waals surface area contributed by atoms with Gasteiger partial charge >= 0.3 is 0 Å². The van der Waals surface area contributed by atoms with Crippen molar-refractivity contribution in [3.05, 3.63) is 46.5 Å². The Morgan fingerprint density at radius 2 is 1.54 bits per heavy atom. The highest BCUT2D eigenvalue weighted by Crippen LogP contribution is 2.20. The zero-order valence-electron chi connectivity index (χ0n) is 22.8. The lowest BCUT2D eigenvalue weighted by Gasteiger charge is -2.11. The summed E-state index contributed by atoms with van der Waals surface area (Å²) in [5, 5.41) is 0. The van der Waals surface area contributed by atoms with Crippen molar-refractivity contribution in [1.82, 2.24) is 19.5 Å². The molecule has 0 saturated heterocycles. The number of benzene rings is 1. The average molecular weight is 509 g/mol. The van der Waals surface area contributed by atoms with E-state index in [4.69, 9.17) is 10.5 Å². The van der Waals surface area contributed by atoms with E-state index in [0.717, 1.165) is 43.7 Å². The number of H-pyrrole nitrogens is 1. The van der Waals surface area contributed by atoms with Crippen LogP contribution in [-0.4, -0.2) is 32.7 Å². The monoisotopic (exact) mass is 508 g/mol. The molecule has 3 aromatic rings. The molecule has 3 N–H and O–H groups in total. The summed E-state index contributed by atoms with van der Waals surface area (Å²) >= 11 is 0. The van der Waals surface area contributed by atoms with Crippen molar-refractivity contribution in [2.75, 3.05) is 18.9 Å². The van der Waals surface area contributed by atoms with E-state index in [1.165, 1.54) is 83.5 Å². The Morgan fingerprint density at radius 3 is 2.22 bits per heavy atom. The van der Waals surface area contributed by atoms with E-state index >= 15 is 0 Å². The molecule has 0 aliphatic heterocycles. The number of nitrogens with one attached hydrogen (secondary N) is 1. The molecular formula is C30H46N5O2. The second-order valence-corrected chi connectivity index (χ2v) is 10.1. The fraction of sp³-hybridized carbons (Fsp3) is 0.633. The second kappa shape index (κ2) is 17.0. The highest BCUT2D eigenvalue weighted by molar-refractivity contribution is 5.73. The number of nitrogen functional groups attached to an aromatic ring is 1. The van der Waals surface area contributed by atoms with E-state index in [-0.39, 0.29) is 17.0 Å². The molecule has 2 heterocycles. The van der Waals surface area contributed by atoms with Gasteiger partial charge in [-0.15, -0.1) is 0 Å². The maximum absolute atomic E-state index is 12.1. The number of anilines is 1. The number of imidazole rings is 1. The highest BCUT2D eigenvalue weighted by atomic mass is 16.5. The van der Waals surface area contributed by atoms with Crippen LogP contribution in [0.5, 0.6) is 0 Å². The quantitative estimate of drug-likeness (QED) is 0.161. The van der Waals surface area contributed by atoms with E-state index in [1.54, 1.807) is 6.33 Å². The smallest absolute Gasteiger partial charge is 0.280 e. The second-order valence-electron chi connectivity index (χ2n) is 10.1. The molecule has 3 rings (SSSR count). The summed E-state index contributed by atoms with van der Waals surface area (Å²) in [6.07, 6.45) is 22.5. The van der Waals surface area contributed by atoms with Gasteiger partial charge in [-0.2, -0.15) is 4.98 Å². The highest BCUT2D eigenvalue weighted by Gasteiger charge is 2.13. The first kappa shape index (κ1) is 28.9. The average Bonchev–Trinajstić information content (AvgIpc) is 3.32. The third-order valence-corrected chi connectivity index (χ3v) is 6.96. The van der Waals surface area contributed by atoms with Crippen LogP contribution < -0.4 is 11.3 Å². The number of aromatic nitrogens is 4. The number of aryl methyl sites for hydroxylation is 1. The van der Waals surface area contributed by atoms with E-state index in [1.807, 2.05) is 22.8 Å². The minimum Gasteiger partial charge on any atom is -0.381 e. The van der Waals surface area contributed by atoms with Crippen LogP contribution in [0.1, 0.15) is 109 Å². The summed E-state index contributed by atoms with van der Waals surface area (Å²) in [5.41, 5.74) is 8.10. The molecule has 0 aliphatic rings. The molecule has 7 heteroatoms. The van der Waals surface area contributed by atoms with E-state index < -0.39 is 0 Å². The predicted molar refractivity (Wildman–Crippen MR) is 152 cm³/mol. The number of nitrogens with two attached hydrogens (primary N) is 1. The predicted octanol–water partition coefficient (Wildman–Crippen LogP) is 6.92. The van der Waals surface area contributed by atoms with Crippen LogP contribution in [0.4, 0.5) is 5.95 Å². The molecule has 2 aromatic heterocycles. The Balaban J connectivity index is 1.23. The van der Waals surface area contributed by atoms with Gasteiger partial charge in [-0.05, 0) is 37.0 Å². The van der Waals surface area contributed by atoms with Gasteiger partial charge in [0.25, 0.3) is 5.56 Å². The van der Waals surface area contributed by atoms with E-state index in [2.05, 4.69) is 27.9 Å². The Bertz CT molecular complexity index is 1090. The summed E-state index contributed by atoms with van der Waals surface area (Å²) in [6.45, 7) is 3.85. The van der Waals surface area contributed by atoms with Gasteiger partial charge in [0.05, 0.1) is 5.69 Å². The first-order chi connectivity index (χ1) is 18.2. The molecule has 0 fully saturated rings. The number of ether oxygens (including phenoxy) is 1. The van der Waals surface area contributed by atoms with Gasteiger partial charge in [0.2, 0.25) is 5.95 Å². The Hall–Kier alpha value is -2.67. The zero-order valence-corrected chi connectivity index (χ0v) is 22.8. The molecule has 0 amide bonds. The van der Waals surface area contributed by atoms with Crippen molar-refractivity contribution in [3.63, 3.8) is 0 Å². The SMILES string of the molecule is CCCCCCCCCCCCCCCCOCCCc1[c]cccc1-n1cnc2c(=O)[nH]c(N)nc21. The van der Waals surface area contributed by atoms with Gasteiger partial charge in [0.1, 0.15) is 6.33 Å². The summed E-state index contributed by atoms with van der Waals surface area (Å²) in [6, 6.07) is 9.14. The van der Waals surface area contributed by atoms with Crippen LogP contribution in [0.15, 0.2) is 29.3 Å². The largest absolute Gasteiger partial charge is 0.381 e. The number of hydrogen-bond donors (Lipinski definition) is 2. The molecule has 0 unspecified atom stereocenters. The Kier molecular flexibility index (Phi) is 13.2. The molecule has 1 radical (unpaired) electrons. The van der Waals surface area contributed by atoms with Gasteiger partial charge in [0.15, 0.2) is 11.2 Å². The van der Waals surface area contributed by atoms with Crippen molar-refractivity contribution in [3.8, 4) is 5.69 Å². The van der Waals surface area contributed by atoms with Crippen molar-refractivity contribution in [2.24, 2.45) is 0 Å². The zero-order chi connectivity index (χ0) is 26.1. The van der Waals surface area contributed by atoms with Gasteiger partial charge in [0, 0.05) is 13.2 Å². The van der Waals surface area contributed by atoms with Gasteiger partial charge in [-0.25, -0.2) is 4.98 Å². The van der Waals surface area contributed by atoms with Crippen molar-refractivity contribution >= 4 is 17.1 Å². The normalized spacial score (nSPS) is 11.5. The Morgan fingerprint density at radius 1 is 0.919 bits per heavy atom. The van der Waals surface area contributed by atoms with E-state index in [9.17, 15) is 4.79 Å². The fourth-order valence-electron chi connectivity index (χ4n) is 4.84. The molecule has 0 atom stereocenters. The molecule has 7 nitrogen and oxygen atoms in total. The third kappa shape index (κ3) is 9.95. The lowest BCUT2D eigenvalue weighted by molar-refractivity contribution is 0.127. The lowest BCUT2D eigenvalue weighted by Crippen LogP contribution is -2.12. The number of aromatic amines is 1. The number of fused-ring (bicyclic) bond motifs is 1. The standard InChI is InChI=1S/C30H46N5O2/c1-2-3-4-5-6-7-8-9-10-11-12-13-14-17-22-37-23-18-20-25-19-15-16-21-26(25)35-24-32-27-28(35)33-30(31)34-29(27)36/h15-16,21,24H,2-14,17-18,20,22-23H2,1H3,(H3,31,33,34,36). The van der Waals surface area contributed by atoms with Gasteiger partial charge in [-0.1, -0.05) is 103 Å². The maximum atomic E-state index is 12.1. The van der Waals surface area contributed by atoms with Crippen LogP contribution in [-0.2, 0) is 11.2 Å². The van der Waals surface area contributed by atoms with E-state index in [0.29, 0.717) is 5.65 Å². The third-order valence-electron chi connectivity index (χ3n) is 6.96. The molecule has 1 aromatic carbocycles. The molecular weight excluding hydrogens is 462 g/mol. The lowest BCUT2D eigenvalue weighted by atomic mass is 10.0. The van der Waals surface area contributed by atoms with Crippen LogP contribution in [0.3, 0.4) is 0 Å². The Labute approximate surface area is 222 Å². The van der Waals surface area contributed by atoms with Crippen molar-refractivity contribution < 1.29 is 4.74 Å². The summed E-state index contributed by atoms with van der Waals surface area (Å²) in [4.78, 5) is 23.1. The summed E-state index contributed by atoms with van der Waals surface area (Å²) < 4.78 is 7.70. The first-order valence-electron chi connectivity index (χ1n) is 14.5. The molecule has 0 aliphatic carbocycles. The topological polar surface area (TPSA) is 98.8 Å². The van der Waals surface area contributed by atoms with Gasteiger partial charge in [-0.3, -0.25) is 14.3 Å². The van der Waals surface area contributed by atoms with Crippen LogP contribution in [0.25, 0.3) is 16.9 Å². The number of unbranched alkanes of at least 4 members (excludes halogenated alkanes) is 13. The minimum absolute atomic E-state index is 0.0811. The number of nitrogens with zero attached hydrogens (tertiary/aromatic N) is 3. The number of hydrogen-bond acceptors (Lipinski definition) is 5. The summed E-state index contributed by atoms with van der Waals surface area (Å²) in [7, 11) is 0. The molecule has 0 spiro atoms.